The lowest BCUT2D eigenvalue weighted by Gasteiger charge is -2.12. The fourth-order valence-corrected chi connectivity index (χ4v) is 6.09. The highest BCUT2D eigenvalue weighted by molar-refractivity contribution is 8.00. The number of thioether (sulfide) groups is 1. The molecule has 144 valence electrons. The third-order valence-electron chi connectivity index (χ3n) is 4.32. The molecule has 0 aliphatic heterocycles. The van der Waals surface area contributed by atoms with Crippen molar-refractivity contribution in [2.45, 2.75) is 25.9 Å². The molecule has 0 aliphatic carbocycles. The normalized spacial score (nSPS) is 12.0. The SMILES string of the molecule is CCS(=O)(=O)CCSc1nc2sc(C)c(C)c2c(=O)n1-c1ccc(Cl)cc1. The lowest BCUT2D eigenvalue weighted by atomic mass is 10.2. The van der Waals surface area contributed by atoms with Crippen LogP contribution in [-0.4, -0.2) is 35.2 Å². The Morgan fingerprint density at radius 1 is 1.22 bits per heavy atom. The molecule has 5 nitrogen and oxygen atoms in total. The quantitative estimate of drug-likeness (QED) is 0.421. The van der Waals surface area contributed by atoms with Crippen LogP contribution in [0.4, 0.5) is 0 Å². The van der Waals surface area contributed by atoms with Crippen LogP contribution in [0.25, 0.3) is 15.9 Å². The monoisotopic (exact) mass is 442 g/mol. The summed E-state index contributed by atoms with van der Waals surface area (Å²) in [7, 11) is -3.08. The van der Waals surface area contributed by atoms with E-state index in [-0.39, 0.29) is 17.1 Å². The van der Waals surface area contributed by atoms with Gasteiger partial charge < -0.3 is 0 Å². The summed E-state index contributed by atoms with van der Waals surface area (Å²) in [4.78, 5) is 19.7. The van der Waals surface area contributed by atoms with Crippen LogP contribution in [0.15, 0.2) is 34.2 Å². The molecule has 0 aliphatic rings. The molecule has 3 rings (SSSR count). The minimum absolute atomic E-state index is 0.0468. The fraction of sp³-hybridized carbons (Fsp3) is 0.333. The van der Waals surface area contributed by atoms with Crippen LogP contribution in [0.1, 0.15) is 17.4 Å². The van der Waals surface area contributed by atoms with Gasteiger partial charge in [0, 0.05) is 21.4 Å². The number of halogens is 1. The Labute approximate surface area is 171 Å². The molecule has 0 unspecified atom stereocenters. The first-order valence-electron chi connectivity index (χ1n) is 8.35. The number of thiophene rings is 1. The van der Waals surface area contributed by atoms with Crippen LogP contribution in [0.5, 0.6) is 0 Å². The summed E-state index contributed by atoms with van der Waals surface area (Å²) in [5.41, 5.74) is 1.44. The summed E-state index contributed by atoms with van der Waals surface area (Å²) in [6, 6.07) is 6.96. The molecule has 27 heavy (non-hydrogen) atoms. The van der Waals surface area contributed by atoms with E-state index in [1.165, 1.54) is 23.1 Å². The number of nitrogens with zero attached hydrogens (tertiary/aromatic N) is 2. The first-order chi connectivity index (χ1) is 12.7. The summed E-state index contributed by atoms with van der Waals surface area (Å²) in [5.74, 6) is 0.490. The average Bonchev–Trinajstić information content (AvgIpc) is 2.90. The van der Waals surface area contributed by atoms with Crippen LogP contribution < -0.4 is 5.56 Å². The lowest BCUT2D eigenvalue weighted by molar-refractivity contribution is 0.598. The van der Waals surface area contributed by atoms with Crippen LogP contribution >= 0.6 is 34.7 Å². The molecule has 0 radical (unpaired) electrons. The smallest absolute Gasteiger partial charge is 0.267 e. The Balaban J connectivity index is 2.14. The Morgan fingerprint density at radius 3 is 2.52 bits per heavy atom. The zero-order valence-electron chi connectivity index (χ0n) is 15.2. The molecule has 0 saturated carbocycles. The second-order valence-corrected chi connectivity index (χ2v) is 11.2. The maximum absolute atomic E-state index is 13.3. The molecule has 0 N–H and O–H groups in total. The summed E-state index contributed by atoms with van der Waals surface area (Å²) >= 11 is 8.74. The van der Waals surface area contributed by atoms with Gasteiger partial charge in [0.05, 0.1) is 16.8 Å². The van der Waals surface area contributed by atoms with Crippen molar-refractivity contribution in [2.24, 2.45) is 0 Å². The van der Waals surface area contributed by atoms with Crippen molar-refractivity contribution in [2.75, 3.05) is 17.3 Å². The summed E-state index contributed by atoms with van der Waals surface area (Å²) in [5, 5.41) is 1.67. The highest BCUT2D eigenvalue weighted by atomic mass is 35.5. The number of aryl methyl sites for hydroxylation is 2. The van der Waals surface area contributed by atoms with Gasteiger partial charge in [0.25, 0.3) is 5.56 Å². The van der Waals surface area contributed by atoms with Crippen molar-refractivity contribution in [3.8, 4) is 5.69 Å². The standard InChI is InChI=1S/C18H19ClN2O3S3/c1-4-27(23,24)10-9-25-18-20-16-15(11(2)12(3)26-16)17(22)21(18)14-7-5-13(19)6-8-14/h5-8H,4,9-10H2,1-3H3. The molecule has 3 aromatic rings. The molecular formula is C18H19ClN2O3S3. The molecule has 0 fully saturated rings. The van der Waals surface area contributed by atoms with Gasteiger partial charge in [-0.3, -0.25) is 9.36 Å². The van der Waals surface area contributed by atoms with Gasteiger partial charge >= 0.3 is 0 Å². The van der Waals surface area contributed by atoms with Crippen LogP contribution in [-0.2, 0) is 9.84 Å². The van der Waals surface area contributed by atoms with E-state index in [1.54, 1.807) is 35.8 Å². The Bertz CT molecular complexity index is 1150. The Morgan fingerprint density at radius 2 is 1.89 bits per heavy atom. The number of benzene rings is 1. The van der Waals surface area contributed by atoms with Gasteiger partial charge in [-0.25, -0.2) is 13.4 Å². The van der Waals surface area contributed by atoms with Crippen molar-refractivity contribution in [3.63, 3.8) is 0 Å². The van der Waals surface area contributed by atoms with E-state index in [1.807, 2.05) is 13.8 Å². The first-order valence-corrected chi connectivity index (χ1v) is 12.4. The zero-order chi connectivity index (χ0) is 19.8. The second kappa shape index (κ2) is 7.95. The summed E-state index contributed by atoms with van der Waals surface area (Å²) in [6.45, 7) is 5.52. The van der Waals surface area contributed by atoms with Crippen molar-refractivity contribution < 1.29 is 8.42 Å². The van der Waals surface area contributed by atoms with Gasteiger partial charge in [-0.05, 0) is 43.7 Å². The maximum atomic E-state index is 13.3. The number of hydrogen-bond donors (Lipinski definition) is 0. The number of sulfone groups is 1. The fourth-order valence-electron chi connectivity index (χ4n) is 2.59. The Hall–Kier alpha value is -1.35. The van der Waals surface area contributed by atoms with E-state index in [4.69, 9.17) is 11.6 Å². The highest BCUT2D eigenvalue weighted by Crippen LogP contribution is 2.29. The van der Waals surface area contributed by atoms with Gasteiger partial charge in [0.2, 0.25) is 0 Å². The second-order valence-electron chi connectivity index (χ2n) is 6.06. The number of aromatic nitrogens is 2. The molecule has 2 heterocycles. The van der Waals surface area contributed by atoms with E-state index in [0.717, 1.165) is 10.4 Å². The van der Waals surface area contributed by atoms with Crippen molar-refractivity contribution >= 4 is 54.8 Å². The molecule has 0 atom stereocenters. The first kappa shape index (κ1) is 20.4. The lowest BCUT2D eigenvalue weighted by Crippen LogP contribution is -2.22. The van der Waals surface area contributed by atoms with Crippen molar-refractivity contribution in [3.05, 3.63) is 50.1 Å². The van der Waals surface area contributed by atoms with E-state index >= 15 is 0 Å². The maximum Gasteiger partial charge on any atom is 0.267 e. The van der Waals surface area contributed by atoms with Gasteiger partial charge in [-0.1, -0.05) is 30.3 Å². The molecule has 0 amide bonds. The number of rotatable bonds is 6. The summed E-state index contributed by atoms with van der Waals surface area (Å²) in [6.07, 6.45) is 0. The van der Waals surface area contributed by atoms with Crippen molar-refractivity contribution in [1.29, 1.82) is 0 Å². The van der Waals surface area contributed by atoms with Gasteiger partial charge in [-0.15, -0.1) is 11.3 Å². The zero-order valence-corrected chi connectivity index (χ0v) is 18.4. The Kier molecular flexibility index (Phi) is 6.00. The minimum Gasteiger partial charge on any atom is -0.268 e. The largest absolute Gasteiger partial charge is 0.268 e. The van der Waals surface area contributed by atoms with E-state index in [0.29, 0.717) is 31.8 Å². The molecule has 0 saturated heterocycles. The minimum atomic E-state index is -3.08. The summed E-state index contributed by atoms with van der Waals surface area (Å²) < 4.78 is 25.1. The predicted octanol–water partition coefficient (Wildman–Crippen LogP) is 4.24. The molecule has 1 aromatic carbocycles. The highest BCUT2D eigenvalue weighted by Gasteiger charge is 2.18. The van der Waals surface area contributed by atoms with E-state index < -0.39 is 9.84 Å². The molecule has 0 spiro atoms. The van der Waals surface area contributed by atoms with Gasteiger partial charge in [0.15, 0.2) is 15.0 Å². The van der Waals surface area contributed by atoms with E-state index in [2.05, 4.69) is 4.98 Å². The van der Waals surface area contributed by atoms with E-state index in [9.17, 15) is 13.2 Å². The van der Waals surface area contributed by atoms with Gasteiger partial charge in [-0.2, -0.15) is 0 Å². The molecule has 2 aromatic heterocycles. The van der Waals surface area contributed by atoms with Gasteiger partial charge in [0.1, 0.15) is 4.83 Å². The third kappa shape index (κ3) is 4.23. The molecule has 9 heteroatoms. The van der Waals surface area contributed by atoms with Crippen LogP contribution in [0.2, 0.25) is 5.02 Å². The average molecular weight is 443 g/mol. The van der Waals surface area contributed by atoms with Crippen LogP contribution in [0.3, 0.4) is 0 Å². The molecular weight excluding hydrogens is 424 g/mol. The predicted molar refractivity (Wildman–Crippen MR) is 115 cm³/mol. The van der Waals surface area contributed by atoms with Crippen LogP contribution in [0, 0.1) is 13.8 Å². The third-order valence-corrected chi connectivity index (χ3v) is 8.58. The molecule has 0 bridgehead atoms. The number of hydrogen-bond acceptors (Lipinski definition) is 6. The van der Waals surface area contributed by atoms with Crippen molar-refractivity contribution in [1.82, 2.24) is 9.55 Å². The topological polar surface area (TPSA) is 69.0 Å². The number of fused-ring (bicyclic) bond motifs is 1.